The molecule has 0 aromatic rings. The second kappa shape index (κ2) is 6.21. The molecule has 0 saturated heterocycles. The van der Waals surface area contributed by atoms with E-state index in [4.69, 9.17) is 5.73 Å². The molecule has 4 heteroatoms. The highest BCUT2D eigenvalue weighted by atomic mass is 16.3. The molecule has 0 spiro atoms. The molecule has 0 atom stereocenters. The molecular formula is C12H26N2O2. The highest BCUT2D eigenvalue weighted by Crippen LogP contribution is 2.24. The van der Waals surface area contributed by atoms with Gasteiger partial charge in [0.25, 0.3) is 0 Å². The second-order valence-corrected chi connectivity index (χ2v) is 5.31. The molecule has 0 fully saturated rings. The van der Waals surface area contributed by atoms with Crippen molar-refractivity contribution in [2.24, 2.45) is 11.1 Å². The average molecular weight is 230 g/mol. The largest absolute Gasteiger partial charge is 0.396 e. The molecule has 0 aliphatic heterocycles. The van der Waals surface area contributed by atoms with E-state index in [1.807, 2.05) is 27.7 Å². The van der Waals surface area contributed by atoms with Gasteiger partial charge < -0.3 is 16.2 Å². The number of carbonyl (C=O) groups excluding carboxylic acids is 1. The summed E-state index contributed by atoms with van der Waals surface area (Å²) in [6.07, 6.45) is 2.01. The molecule has 96 valence electrons. The first-order chi connectivity index (χ1) is 7.28. The molecule has 0 saturated carbocycles. The number of amides is 1. The first kappa shape index (κ1) is 15.4. The van der Waals surface area contributed by atoms with Gasteiger partial charge in [-0.1, -0.05) is 13.8 Å². The molecule has 4 N–H and O–H groups in total. The van der Waals surface area contributed by atoms with Gasteiger partial charge in [0.15, 0.2) is 0 Å². The molecule has 0 aromatic heterocycles. The summed E-state index contributed by atoms with van der Waals surface area (Å²) in [6.45, 7) is 8.33. The van der Waals surface area contributed by atoms with Gasteiger partial charge >= 0.3 is 0 Å². The van der Waals surface area contributed by atoms with Crippen LogP contribution in [0.4, 0.5) is 0 Å². The van der Waals surface area contributed by atoms with Gasteiger partial charge in [0.2, 0.25) is 5.91 Å². The molecule has 1 amide bonds. The molecule has 0 unspecified atom stereocenters. The topological polar surface area (TPSA) is 75.3 Å². The quantitative estimate of drug-likeness (QED) is 0.611. The minimum absolute atomic E-state index is 0.0489. The fourth-order valence-corrected chi connectivity index (χ4v) is 1.54. The van der Waals surface area contributed by atoms with E-state index >= 15 is 0 Å². The Hall–Kier alpha value is -0.610. The van der Waals surface area contributed by atoms with Gasteiger partial charge in [0, 0.05) is 23.9 Å². The molecule has 0 heterocycles. The van der Waals surface area contributed by atoms with Gasteiger partial charge in [-0.2, -0.15) is 0 Å². The van der Waals surface area contributed by atoms with Crippen LogP contribution in [0.25, 0.3) is 0 Å². The summed E-state index contributed by atoms with van der Waals surface area (Å²) in [5.41, 5.74) is 5.10. The van der Waals surface area contributed by atoms with E-state index in [-0.39, 0.29) is 17.9 Å². The molecule has 4 nitrogen and oxygen atoms in total. The van der Waals surface area contributed by atoms with E-state index in [0.29, 0.717) is 13.0 Å². The van der Waals surface area contributed by atoms with Crippen molar-refractivity contribution >= 4 is 5.91 Å². The van der Waals surface area contributed by atoms with Crippen molar-refractivity contribution in [2.75, 3.05) is 13.2 Å². The SMILES string of the molecule is CCC(CC)(CO)CNC(=O)CC(C)(C)N. The summed E-state index contributed by atoms with van der Waals surface area (Å²) in [5, 5.41) is 12.2. The minimum atomic E-state index is -0.482. The normalized spacial score (nSPS) is 12.6. The summed E-state index contributed by atoms with van der Waals surface area (Å²) in [4.78, 5) is 11.6. The van der Waals surface area contributed by atoms with Crippen LogP contribution in [-0.2, 0) is 4.79 Å². The summed E-state index contributed by atoms with van der Waals surface area (Å²) in [6, 6.07) is 0. The molecule has 0 aliphatic carbocycles. The standard InChI is InChI=1S/C12H26N2O2/c1-5-12(6-2,9-15)8-14-10(16)7-11(3,4)13/h15H,5-9,13H2,1-4H3,(H,14,16). The van der Waals surface area contributed by atoms with Crippen LogP contribution in [0.5, 0.6) is 0 Å². The van der Waals surface area contributed by atoms with Crippen LogP contribution in [0.1, 0.15) is 47.0 Å². The maximum Gasteiger partial charge on any atom is 0.221 e. The summed E-state index contributed by atoms with van der Waals surface area (Å²) in [7, 11) is 0. The number of hydrogen-bond donors (Lipinski definition) is 3. The Balaban J connectivity index is 4.17. The van der Waals surface area contributed by atoms with E-state index in [1.54, 1.807) is 0 Å². The van der Waals surface area contributed by atoms with Gasteiger partial charge in [-0.25, -0.2) is 0 Å². The Kier molecular flexibility index (Phi) is 5.97. The highest BCUT2D eigenvalue weighted by Gasteiger charge is 2.26. The van der Waals surface area contributed by atoms with Crippen LogP contribution in [-0.4, -0.2) is 29.7 Å². The van der Waals surface area contributed by atoms with Crippen LogP contribution in [0.2, 0.25) is 0 Å². The maximum absolute atomic E-state index is 11.6. The predicted molar refractivity (Wildman–Crippen MR) is 66.0 cm³/mol. The average Bonchev–Trinajstić information content (AvgIpc) is 2.18. The van der Waals surface area contributed by atoms with E-state index in [2.05, 4.69) is 5.32 Å². The van der Waals surface area contributed by atoms with Gasteiger partial charge in [-0.3, -0.25) is 4.79 Å². The van der Waals surface area contributed by atoms with E-state index in [0.717, 1.165) is 12.8 Å². The van der Waals surface area contributed by atoms with E-state index < -0.39 is 5.54 Å². The van der Waals surface area contributed by atoms with Gasteiger partial charge in [-0.15, -0.1) is 0 Å². The fraction of sp³-hybridized carbons (Fsp3) is 0.917. The number of rotatable bonds is 7. The number of nitrogens with two attached hydrogens (primary N) is 1. The van der Waals surface area contributed by atoms with Crippen molar-refractivity contribution in [3.05, 3.63) is 0 Å². The van der Waals surface area contributed by atoms with Crippen molar-refractivity contribution in [3.63, 3.8) is 0 Å². The third-order valence-corrected chi connectivity index (χ3v) is 3.11. The lowest BCUT2D eigenvalue weighted by Gasteiger charge is -2.30. The highest BCUT2D eigenvalue weighted by molar-refractivity contribution is 5.77. The van der Waals surface area contributed by atoms with Crippen LogP contribution in [0.3, 0.4) is 0 Å². The first-order valence-electron chi connectivity index (χ1n) is 5.95. The fourth-order valence-electron chi connectivity index (χ4n) is 1.54. The minimum Gasteiger partial charge on any atom is -0.396 e. The van der Waals surface area contributed by atoms with E-state index in [9.17, 15) is 9.90 Å². The Morgan fingerprint density at radius 2 is 1.81 bits per heavy atom. The summed E-state index contributed by atoms with van der Waals surface area (Å²) in [5.74, 6) is -0.0489. The van der Waals surface area contributed by atoms with Crippen molar-refractivity contribution in [1.82, 2.24) is 5.32 Å². The van der Waals surface area contributed by atoms with Crippen LogP contribution in [0.15, 0.2) is 0 Å². The van der Waals surface area contributed by atoms with Crippen molar-refractivity contribution in [3.8, 4) is 0 Å². The molecule has 0 rings (SSSR count). The maximum atomic E-state index is 11.6. The van der Waals surface area contributed by atoms with Crippen molar-refractivity contribution in [2.45, 2.75) is 52.5 Å². The van der Waals surface area contributed by atoms with Crippen LogP contribution >= 0.6 is 0 Å². The lowest BCUT2D eigenvalue weighted by Crippen LogP contribution is -2.43. The first-order valence-corrected chi connectivity index (χ1v) is 5.95. The third-order valence-electron chi connectivity index (χ3n) is 3.11. The Labute approximate surface area is 98.6 Å². The zero-order valence-corrected chi connectivity index (χ0v) is 11.0. The number of aliphatic hydroxyl groups excluding tert-OH is 1. The number of nitrogens with one attached hydrogen (secondary N) is 1. The lowest BCUT2D eigenvalue weighted by molar-refractivity contribution is -0.122. The van der Waals surface area contributed by atoms with Gasteiger partial charge in [0.1, 0.15) is 0 Å². The van der Waals surface area contributed by atoms with E-state index in [1.165, 1.54) is 0 Å². The van der Waals surface area contributed by atoms with Crippen LogP contribution in [0, 0.1) is 5.41 Å². The Bertz CT molecular complexity index is 209. The lowest BCUT2D eigenvalue weighted by atomic mass is 9.83. The summed E-state index contributed by atoms with van der Waals surface area (Å²) < 4.78 is 0. The van der Waals surface area contributed by atoms with Crippen LogP contribution < -0.4 is 11.1 Å². The Morgan fingerprint density at radius 1 is 1.31 bits per heavy atom. The monoisotopic (exact) mass is 230 g/mol. The zero-order valence-electron chi connectivity index (χ0n) is 11.0. The molecule has 0 aromatic carbocycles. The molecule has 16 heavy (non-hydrogen) atoms. The second-order valence-electron chi connectivity index (χ2n) is 5.31. The summed E-state index contributed by atoms with van der Waals surface area (Å²) >= 11 is 0. The smallest absolute Gasteiger partial charge is 0.221 e. The predicted octanol–water partition coefficient (Wildman–Crippen LogP) is 1.03. The molecular weight excluding hydrogens is 204 g/mol. The van der Waals surface area contributed by atoms with Gasteiger partial charge in [-0.05, 0) is 26.7 Å². The van der Waals surface area contributed by atoms with Crippen molar-refractivity contribution < 1.29 is 9.90 Å². The Morgan fingerprint density at radius 3 is 2.12 bits per heavy atom. The molecule has 0 aliphatic rings. The third kappa shape index (κ3) is 5.47. The number of carbonyl (C=O) groups is 1. The molecule has 0 radical (unpaired) electrons. The molecule has 0 bridgehead atoms. The van der Waals surface area contributed by atoms with Gasteiger partial charge in [0.05, 0.1) is 6.61 Å². The number of hydrogen-bond acceptors (Lipinski definition) is 3. The zero-order chi connectivity index (χ0) is 12.8. The van der Waals surface area contributed by atoms with Crippen molar-refractivity contribution in [1.29, 1.82) is 0 Å². The number of aliphatic hydroxyl groups is 1.